The zero-order valence-electron chi connectivity index (χ0n) is 18.4. The van der Waals surface area contributed by atoms with Gasteiger partial charge in [0.2, 0.25) is 0 Å². The molecule has 12 heteroatoms. The Kier molecular flexibility index (Phi) is 6.48. The summed E-state index contributed by atoms with van der Waals surface area (Å²) in [6, 6.07) is 4.68. The molecule has 1 aliphatic carbocycles. The molecule has 2 heterocycles. The van der Waals surface area contributed by atoms with Gasteiger partial charge in [-0.15, -0.1) is 13.2 Å². The molecule has 0 aliphatic heterocycles. The van der Waals surface area contributed by atoms with E-state index >= 15 is 0 Å². The van der Waals surface area contributed by atoms with Crippen LogP contribution >= 0.6 is 11.6 Å². The van der Waals surface area contributed by atoms with Crippen LogP contribution in [0.3, 0.4) is 0 Å². The van der Waals surface area contributed by atoms with E-state index in [4.69, 9.17) is 16.1 Å². The second-order valence-electron chi connectivity index (χ2n) is 8.15. The first-order valence-electron chi connectivity index (χ1n) is 10.7. The van der Waals surface area contributed by atoms with E-state index in [2.05, 4.69) is 15.2 Å². The van der Waals surface area contributed by atoms with Gasteiger partial charge in [-0.25, -0.2) is 4.68 Å². The maximum atomic E-state index is 13.1. The van der Waals surface area contributed by atoms with Gasteiger partial charge in [-0.3, -0.25) is 14.3 Å². The molecule has 0 spiro atoms. The third-order valence-electron chi connectivity index (χ3n) is 5.93. The van der Waals surface area contributed by atoms with Gasteiger partial charge in [-0.1, -0.05) is 36.0 Å². The molecule has 1 N–H and O–H groups in total. The van der Waals surface area contributed by atoms with Crippen LogP contribution in [0.4, 0.5) is 18.9 Å². The van der Waals surface area contributed by atoms with Crippen molar-refractivity contribution in [3.05, 3.63) is 51.0 Å². The number of halogens is 4. The number of alkyl halides is 3. The number of nitrogens with zero attached hydrogens (tertiary/aromatic N) is 3. The topological polar surface area (TPSA) is 91.3 Å². The third-order valence-corrected chi connectivity index (χ3v) is 6.25. The number of ether oxygens (including phenoxy) is 1. The highest BCUT2D eigenvalue weighted by Gasteiger charge is 2.31. The van der Waals surface area contributed by atoms with Gasteiger partial charge in [0, 0.05) is 18.7 Å². The molecule has 182 valence electrons. The Morgan fingerprint density at radius 3 is 2.59 bits per heavy atom. The fraction of sp³-hybridized carbons (Fsp3) is 0.409. The van der Waals surface area contributed by atoms with Gasteiger partial charge in [0.05, 0.1) is 16.8 Å². The van der Waals surface area contributed by atoms with E-state index in [1.54, 1.807) is 23.3 Å². The molecule has 1 aliphatic rings. The number of aromatic nitrogens is 3. The number of amides is 1. The zero-order chi connectivity index (χ0) is 24.6. The maximum Gasteiger partial charge on any atom is 0.573 e. The van der Waals surface area contributed by atoms with Crippen molar-refractivity contribution in [1.29, 1.82) is 0 Å². The van der Waals surface area contributed by atoms with E-state index in [0.29, 0.717) is 5.69 Å². The highest BCUT2D eigenvalue weighted by atomic mass is 35.5. The quantitative estimate of drug-likeness (QED) is 0.504. The van der Waals surface area contributed by atoms with E-state index in [-0.39, 0.29) is 39.3 Å². The molecule has 8 nitrogen and oxygen atoms in total. The van der Waals surface area contributed by atoms with Crippen molar-refractivity contribution in [2.24, 2.45) is 7.05 Å². The van der Waals surface area contributed by atoms with Crippen LogP contribution in [-0.4, -0.2) is 26.8 Å². The summed E-state index contributed by atoms with van der Waals surface area (Å²) in [4.78, 5) is 25.8. The van der Waals surface area contributed by atoms with Crippen molar-refractivity contribution in [3.63, 3.8) is 0 Å². The van der Waals surface area contributed by atoms with Crippen molar-refractivity contribution < 1.29 is 27.2 Å². The van der Waals surface area contributed by atoms with Crippen LogP contribution < -0.4 is 15.6 Å². The Bertz CT molecular complexity index is 1270. The van der Waals surface area contributed by atoms with Gasteiger partial charge in [0.1, 0.15) is 11.4 Å². The molecule has 3 aromatic rings. The highest BCUT2D eigenvalue weighted by Crippen LogP contribution is 2.34. The van der Waals surface area contributed by atoms with E-state index < -0.39 is 18.0 Å². The lowest BCUT2D eigenvalue weighted by molar-refractivity contribution is -0.274. The smallest absolute Gasteiger partial charge is 0.406 e. The number of nitrogens with one attached hydrogen (secondary N) is 1. The Hall–Kier alpha value is -3.21. The number of benzene rings is 1. The van der Waals surface area contributed by atoms with Crippen molar-refractivity contribution in [2.75, 3.05) is 5.32 Å². The fourth-order valence-electron chi connectivity index (χ4n) is 4.19. The van der Waals surface area contributed by atoms with Crippen molar-refractivity contribution in [1.82, 2.24) is 14.5 Å². The Balaban J connectivity index is 1.54. The fourth-order valence-corrected chi connectivity index (χ4v) is 4.45. The highest BCUT2D eigenvalue weighted by molar-refractivity contribution is 6.33. The number of carbonyl (C=O) groups is 1. The maximum absolute atomic E-state index is 13.1. The molecule has 0 radical (unpaired) electrons. The van der Waals surface area contributed by atoms with Crippen molar-refractivity contribution in [3.8, 4) is 17.1 Å². The lowest BCUT2D eigenvalue weighted by atomic mass is 9.96. The summed E-state index contributed by atoms with van der Waals surface area (Å²) in [7, 11) is 1.78. The molecule has 2 aromatic heterocycles. The van der Waals surface area contributed by atoms with Gasteiger partial charge in [0.15, 0.2) is 11.5 Å². The van der Waals surface area contributed by atoms with Crippen LogP contribution in [0.2, 0.25) is 5.02 Å². The van der Waals surface area contributed by atoms with Gasteiger partial charge >= 0.3 is 6.36 Å². The van der Waals surface area contributed by atoms with Gasteiger partial charge < -0.3 is 14.6 Å². The van der Waals surface area contributed by atoms with E-state index in [1.165, 1.54) is 12.1 Å². The van der Waals surface area contributed by atoms with Crippen LogP contribution in [0.1, 0.15) is 54.3 Å². The summed E-state index contributed by atoms with van der Waals surface area (Å²) >= 11 is 6.06. The molecular formula is C22H22ClF3N4O4. The first kappa shape index (κ1) is 23.9. The molecule has 1 fully saturated rings. The van der Waals surface area contributed by atoms with Crippen LogP contribution in [0.25, 0.3) is 11.3 Å². The Morgan fingerprint density at radius 2 is 1.94 bits per heavy atom. The molecule has 1 amide bonds. The monoisotopic (exact) mass is 498 g/mol. The normalized spacial score (nSPS) is 14.9. The predicted molar refractivity (Wildman–Crippen MR) is 118 cm³/mol. The van der Waals surface area contributed by atoms with Gasteiger partial charge in [0.25, 0.3) is 11.5 Å². The first-order chi connectivity index (χ1) is 16.0. The molecule has 0 bridgehead atoms. The minimum atomic E-state index is -4.85. The van der Waals surface area contributed by atoms with Crippen LogP contribution in [0.15, 0.2) is 33.6 Å². The first-order valence-corrected chi connectivity index (χ1v) is 11.0. The number of hydrogen-bond donors (Lipinski definition) is 1. The van der Waals surface area contributed by atoms with E-state index in [9.17, 15) is 22.8 Å². The Labute approximate surface area is 197 Å². The zero-order valence-corrected chi connectivity index (χ0v) is 19.2. The van der Waals surface area contributed by atoms with Crippen molar-refractivity contribution in [2.45, 2.75) is 51.4 Å². The second kappa shape index (κ2) is 9.21. The lowest BCUT2D eigenvalue weighted by Gasteiger charge is -2.24. The average Bonchev–Trinajstić information content (AvgIpc) is 3.33. The predicted octanol–water partition coefficient (Wildman–Crippen LogP) is 5.46. The summed E-state index contributed by atoms with van der Waals surface area (Å²) in [6.45, 7) is 1.74. The van der Waals surface area contributed by atoms with Crippen LogP contribution in [-0.2, 0) is 7.05 Å². The molecule has 4 rings (SSSR count). The SMILES string of the molecule is Cc1c(NC(=O)c2cc(-c3ccc(OC(F)(F)F)cc3Cl)on2)c(=O)n(C2CCCCC2)n1C. The molecule has 0 saturated heterocycles. The summed E-state index contributed by atoms with van der Waals surface area (Å²) in [5, 5.41) is 6.25. The van der Waals surface area contributed by atoms with Crippen molar-refractivity contribution >= 4 is 23.2 Å². The largest absolute Gasteiger partial charge is 0.573 e. The summed E-state index contributed by atoms with van der Waals surface area (Å²) < 4.78 is 49.6. The van der Waals surface area contributed by atoms with E-state index in [0.717, 1.165) is 44.2 Å². The summed E-state index contributed by atoms with van der Waals surface area (Å²) in [6.07, 6.45) is 0.213. The molecule has 0 unspecified atom stereocenters. The average molecular weight is 499 g/mol. The van der Waals surface area contributed by atoms with E-state index in [1.807, 2.05) is 0 Å². The number of hydrogen-bond acceptors (Lipinski definition) is 5. The van der Waals surface area contributed by atoms with Gasteiger partial charge in [-0.05, 0) is 38.0 Å². The number of carbonyl (C=O) groups excluding carboxylic acids is 1. The van der Waals surface area contributed by atoms with Crippen LogP contribution in [0, 0.1) is 6.92 Å². The van der Waals surface area contributed by atoms with Crippen LogP contribution in [0.5, 0.6) is 5.75 Å². The molecular weight excluding hydrogens is 477 g/mol. The lowest BCUT2D eigenvalue weighted by Crippen LogP contribution is -2.29. The Morgan fingerprint density at radius 1 is 1.24 bits per heavy atom. The summed E-state index contributed by atoms with van der Waals surface area (Å²) in [5.74, 6) is -1.09. The number of rotatable bonds is 5. The molecule has 34 heavy (non-hydrogen) atoms. The summed E-state index contributed by atoms with van der Waals surface area (Å²) in [5.41, 5.74) is 0.587. The standard InChI is InChI=1S/C22H22ClF3N4O4/c1-12-19(21(32)30(29(12)2)13-6-4-3-5-7-13)27-20(31)17-11-18(34-28-17)15-9-8-14(10-16(15)23)33-22(24,25)26/h8-11,13H,3-7H2,1-2H3,(H,27,31). The minimum Gasteiger partial charge on any atom is -0.406 e. The molecule has 1 saturated carbocycles. The molecule has 1 aromatic carbocycles. The second-order valence-corrected chi connectivity index (χ2v) is 8.55. The minimum absolute atomic E-state index is 0.0677. The van der Waals surface area contributed by atoms with Gasteiger partial charge in [-0.2, -0.15) is 0 Å². The third kappa shape index (κ3) is 4.84. The molecule has 0 atom stereocenters. The number of anilines is 1.